The van der Waals surface area contributed by atoms with E-state index in [1.807, 2.05) is 37.3 Å². The molecule has 1 aliphatic rings. The molecule has 2 aromatic rings. The predicted molar refractivity (Wildman–Crippen MR) is 82.3 cm³/mol. The predicted octanol–water partition coefficient (Wildman–Crippen LogP) is 2.48. The van der Waals surface area contributed by atoms with Gasteiger partial charge in [0, 0.05) is 6.54 Å². The molecule has 110 valence electrons. The molecular formula is C15H16N2O3S. The fourth-order valence-electron chi connectivity index (χ4n) is 2.04. The zero-order valence-electron chi connectivity index (χ0n) is 11.6. The Labute approximate surface area is 128 Å². The molecule has 21 heavy (non-hydrogen) atoms. The third-order valence-corrected chi connectivity index (χ3v) is 3.40. The van der Waals surface area contributed by atoms with Crippen LogP contribution < -0.4 is 20.1 Å². The lowest BCUT2D eigenvalue weighted by Gasteiger charge is -2.10. The van der Waals surface area contributed by atoms with Crippen LogP contribution in [-0.2, 0) is 13.1 Å². The second kappa shape index (κ2) is 6.05. The van der Waals surface area contributed by atoms with E-state index in [1.54, 1.807) is 0 Å². The number of benzene rings is 1. The molecule has 5 nitrogen and oxygen atoms in total. The molecule has 0 spiro atoms. The molecule has 0 unspecified atom stereocenters. The van der Waals surface area contributed by atoms with E-state index in [2.05, 4.69) is 10.6 Å². The van der Waals surface area contributed by atoms with Crippen LogP contribution in [0.1, 0.15) is 17.1 Å². The fourth-order valence-corrected chi connectivity index (χ4v) is 2.19. The summed E-state index contributed by atoms with van der Waals surface area (Å²) in [7, 11) is 0. The second-order valence-corrected chi connectivity index (χ2v) is 5.14. The number of furan rings is 1. The number of hydrogen-bond donors (Lipinski definition) is 2. The van der Waals surface area contributed by atoms with Gasteiger partial charge in [0.25, 0.3) is 0 Å². The molecule has 0 fully saturated rings. The van der Waals surface area contributed by atoms with Gasteiger partial charge in [-0.15, -0.1) is 0 Å². The van der Waals surface area contributed by atoms with Gasteiger partial charge in [0.1, 0.15) is 11.5 Å². The minimum atomic E-state index is 0.286. The Bertz CT molecular complexity index is 654. The maximum atomic E-state index is 5.47. The summed E-state index contributed by atoms with van der Waals surface area (Å²) >= 11 is 5.24. The number of hydrogen-bond acceptors (Lipinski definition) is 4. The van der Waals surface area contributed by atoms with Gasteiger partial charge < -0.3 is 24.5 Å². The van der Waals surface area contributed by atoms with Crippen LogP contribution in [0.25, 0.3) is 0 Å². The van der Waals surface area contributed by atoms with Gasteiger partial charge >= 0.3 is 0 Å². The van der Waals surface area contributed by atoms with Crippen LogP contribution >= 0.6 is 12.2 Å². The van der Waals surface area contributed by atoms with Gasteiger partial charge in [-0.2, -0.15) is 0 Å². The Morgan fingerprint density at radius 1 is 1.10 bits per heavy atom. The van der Waals surface area contributed by atoms with Crippen molar-refractivity contribution in [1.29, 1.82) is 0 Å². The maximum absolute atomic E-state index is 5.47. The van der Waals surface area contributed by atoms with E-state index < -0.39 is 0 Å². The quantitative estimate of drug-likeness (QED) is 0.846. The highest BCUT2D eigenvalue weighted by molar-refractivity contribution is 7.80. The number of thiocarbonyl (C=S) groups is 1. The number of fused-ring (bicyclic) bond motifs is 1. The average molecular weight is 304 g/mol. The first kappa shape index (κ1) is 13.8. The van der Waals surface area contributed by atoms with Gasteiger partial charge in [-0.05, 0) is 49.0 Å². The van der Waals surface area contributed by atoms with Gasteiger partial charge in [-0.3, -0.25) is 0 Å². The molecule has 1 aromatic carbocycles. The summed E-state index contributed by atoms with van der Waals surface area (Å²) in [4.78, 5) is 0. The van der Waals surface area contributed by atoms with Gasteiger partial charge in [-0.25, -0.2) is 0 Å². The molecule has 1 aliphatic heterocycles. The van der Waals surface area contributed by atoms with E-state index >= 15 is 0 Å². The zero-order chi connectivity index (χ0) is 14.7. The highest BCUT2D eigenvalue weighted by Crippen LogP contribution is 2.32. The largest absolute Gasteiger partial charge is 0.465 e. The molecule has 0 atom stereocenters. The van der Waals surface area contributed by atoms with Crippen LogP contribution in [0.15, 0.2) is 34.7 Å². The number of ether oxygens (including phenoxy) is 2. The number of nitrogens with one attached hydrogen (secondary N) is 2. The Morgan fingerprint density at radius 2 is 1.90 bits per heavy atom. The van der Waals surface area contributed by atoms with Gasteiger partial charge in [0.2, 0.25) is 6.79 Å². The molecular weight excluding hydrogens is 288 g/mol. The minimum Gasteiger partial charge on any atom is -0.465 e. The smallest absolute Gasteiger partial charge is 0.231 e. The SMILES string of the molecule is Cc1ccc(CNC(=S)NCc2ccc3c(c2)OCO3)o1. The van der Waals surface area contributed by atoms with Crippen molar-refractivity contribution in [3.05, 3.63) is 47.4 Å². The monoisotopic (exact) mass is 304 g/mol. The molecule has 0 bridgehead atoms. The van der Waals surface area contributed by atoms with Gasteiger partial charge in [-0.1, -0.05) is 6.07 Å². The molecule has 0 saturated heterocycles. The molecule has 0 saturated carbocycles. The zero-order valence-corrected chi connectivity index (χ0v) is 12.5. The molecule has 2 N–H and O–H groups in total. The van der Waals surface area contributed by atoms with Crippen molar-refractivity contribution in [3.63, 3.8) is 0 Å². The standard InChI is InChI=1S/C15H16N2O3S/c1-10-2-4-12(20-10)8-17-15(21)16-7-11-3-5-13-14(6-11)19-9-18-13/h2-6H,7-9H2,1H3,(H2,16,17,21). The van der Waals surface area contributed by atoms with Gasteiger partial charge in [0.05, 0.1) is 6.54 Å². The molecule has 0 radical (unpaired) electrons. The molecule has 1 aromatic heterocycles. The Kier molecular flexibility index (Phi) is 3.96. The number of aryl methyl sites for hydroxylation is 1. The number of rotatable bonds is 4. The third kappa shape index (κ3) is 3.46. The van der Waals surface area contributed by atoms with Crippen molar-refractivity contribution in [2.75, 3.05) is 6.79 Å². The van der Waals surface area contributed by atoms with E-state index in [1.165, 1.54) is 0 Å². The Morgan fingerprint density at radius 3 is 2.71 bits per heavy atom. The van der Waals surface area contributed by atoms with Crippen LogP contribution in [0.4, 0.5) is 0 Å². The lowest BCUT2D eigenvalue weighted by Crippen LogP contribution is -2.34. The summed E-state index contributed by atoms with van der Waals surface area (Å²) in [6.07, 6.45) is 0. The Hall–Kier alpha value is -2.21. The summed E-state index contributed by atoms with van der Waals surface area (Å²) in [6, 6.07) is 9.71. The molecule has 2 heterocycles. The highest BCUT2D eigenvalue weighted by atomic mass is 32.1. The van der Waals surface area contributed by atoms with Crippen LogP contribution in [0, 0.1) is 6.92 Å². The first-order chi connectivity index (χ1) is 10.2. The van der Waals surface area contributed by atoms with Crippen molar-refractivity contribution in [2.45, 2.75) is 20.0 Å². The minimum absolute atomic E-state index is 0.286. The summed E-state index contributed by atoms with van der Waals surface area (Å²) in [5, 5.41) is 6.84. The van der Waals surface area contributed by atoms with Crippen LogP contribution in [-0.4, -0.2) is 11.9 Å². The van der Waals surface area contributed by atoms with Crippen LogP contribution in [0.3, 0.4) is 0 Å². The van der Waals surface area contributed by atoms with Crippen molar-refractivity contribution in [3.8, 4) is 11.5 Å². The van der Waals surface area contributed by atoms with E-state index in [0.29, 0.717) is 18.2 Å². The fraction of sp³-hybridized carbons (Fsp3) is 0.267. The topological polar surface area (TPSA) is 55.7 Å². The normalized spacial score (nSPS) is 12.2. The van der Waals surface area contributed by atoms with E-state index in [-0.39, 0.29) is 6.79 Å². The van der Waals surface area contributed by atoms with Gasteiger partial charge in [0.15, 0.2) is 16.6 Å². The summed E-state index contributed by atoms with van der Waals surface area (Å²) in [5.74, 6) is 3.32. The summed E-state index contributed by atoms with van der Waals surface area (Å²) in [5.41, 5.74) is 1.08. The summed E-state index contributed by atoms with van der Waals surface area (Å²) in [6.45, 7) is 3.40. The molecule has 3 rings (SSSR count). The van der Waals surface area contributed by atoms with Crippen LogP contribution in [0.5, 0.6) is 11.5 Å². The highest BCUT2D eigenvalue weighted by Gasteiger charge is 2.13. The molecule has 0 amide bonds. The van der Waals surface area contributed by atoms with Crippen molar-refractivity contribution in [2.24, 2.45) is 0 Å². The summed E-state index contributed by atoms with van der Waals surface area (Å²) < 4.78 is 16.1. The molecule has 6 heteroatoms. The lowest BCUT2D eigenvalue weighted by molar-refractivity contribution is 0.174. The van der Waals surface area contributed by atoms with E-state index in [4.69, 9.17) is 26.1 Å². The van der Waals surface area contributed by atoms with Crippen LogP contribution in [0.2, 0.25) is 0 Å². The van der Waals surface area contributed by atoms with E-state index in [0.717, 1.165) is 28.6 Å². The first-order valence-electron chi connectivity index (χ1n) is 6.66. The van der Waals surface area contributed by atoms with Crippen molar-refractivity contribution >= 4 is 17.3 Å². The Balaban J connectivity index is 1.47. The third-order valence-electron chi connectivity index (χ3n) is 3.11. The first-order valence-corrected chi connectivity index (χ1v) is 7.07. The lowest BCUT2D eigenvalue weighted by atomic mass is 10.2. The van der Waals surface area contributed by atoms with Crippen molar-refractivity contribution in [1.82, 2.24) is 10.6 Å². The second-order valence-electron chi connectivity index (χ2n) is 4.74. The maximum Gasteiger partial charge on any atom is 0.231 e. The van der Waals surface area contributed by atoms with E-state index in [9.17, 15) is 0 Å². The van der Waals surface area contributed by atoms with Crippen molar-refractivity contribution < 1.29 is 13.9 Å². The molecule has 0 aliphatic carbocycles. The average Bonchev–Trinajstić information content (AvgIpc) is 3.10.